The Hall–Kier alpha value is -4.54. The summed E-state index contributed by atoms with van der Waals surface area (Å²) in [5.74, 6) is 0.832. The number of benzene rings is 4. The molecule has 0 saturated heterocycles. The van der Waals surface area contributed by atoms with E-state index in [1.54, 1.807) is 48.5 Å². The molecule has 1 aromatic heterocycles. The fourth-order valence-corrected chi connectivity index (χ4v) is 3.83. The van der Waals surface area contributed by atoms with Crippen LogP contribution in [0, 0.1) is 27.6 Å². The van der Waals surface area contributed by atoms with Gasteiger partial charge < -0.3 is 26.2 Å². The number of aryl methyl sites for hydroxylation is 1. The Morgan fingerprint density at radius 2 is 1.27 bits per heavy atom. The summed E-state index contributed by atoms with van der Waals surface area (Å²) in [6.45, 7) is 2.21. The Kier molecular flexibility index (Phi) is 18.8. The zero-order chi connectivity index (χ0) is 32.7. The Bertz CT molecular complexity index is 1580. The number of H-pyrrole nitrogens is 1. The number of aliphatic hydroxyl groups is 4. The maximum atomic E-state index is 8.87. The predicted octanol–water partition coefficient (Wildman–Crippen LogP) is 5.48. The lowest BCUT2D eigenvalue weighted by Crippen LogP contribution is -2.10. The van der Waals surface area contributed by atoms with Gasteiger partial charge in [0.15, 0.2) is 3.95 Å². The molecule has 44 heavy (non-hydrogen) atoms. The van der Waals surface area contributed by atoms with E-state index in [1.165, 1.54) is 17.1 Å². The first-order valence-corrected chi connectivity index (χ1v) is 14.4. The second-order valence-corrected chi connectivity index (χ2v) is 10.1. The van der Waals surface area contributed by atoms with Crippen molar-refractivity contribution < 1.29 is 20.4 Å². The number of nitrogens with two attached hydrogens (primary N) is 1. The van der Waals surface area contributed by atoms with Crippen LogP contribution in [-0.2, 0) is 19.8 Å². The van der Waals surface area contributed by atoms with Crippen LogP contribution in [0.15, 0.2) is 103 Å². The van der Waals surface area contributed by atoms with Crippen molar-refractivity contribution in [1.29, 1.82) is 10.7 Å². The van der Waals surface area contributed by atoms with Crippen molar-refractivity contribution in [3.05, 3.63) is 140 Å². The van der Waals surface area contributed by atoms with E-state index in [1.807, 2.05) is 48.5 Å². The molecular weight excluding hydrogens is 595 g/mol. The number of nitriles is 1. The van der Waals surface area contributed by atoms with Crippen LogP contribution in [0.1, 0.15) is 33.4 Å². The van der Waals surface area contributed by atoms with Crippen molar-refractivity contribution in [2.45, 2.75) is 26.7 Å². The molecule has 0 aliphatic rings. The molecule has 0 unspecified atom stereocenters. The van der Waals surface area contributed by atoms with Crippen LogP contribution in [0.5, 0.6) is 0 Å². The van der Waals surface area contributed by atoms with Crippen molar-refractivity contribution in [2.24, 2.45) is 5.73 Å². The second kappa shape index (κ2) is 22.1. The zero-order valence-corrected chi connectivity index (χ0v) is 26.1. The van der Waals surface area contributed by atoms with E-state index in [0.29, 0.717) is 15.1 Å². The summed E-state index contributed by atoms with van der Waals surface area (Å²) in [4.78, 5) is 4.15. The Labute approximate surface area is 266 Å². The number of rotatable bonds is 5. The Morgan fingerprint density at radius 1 is 0.818 bits per heavy atom. The van der Waals surface area contributed by atoms with E-state index in [4.69, 9.17) is 49.0 Å². The molecule has 8 N–H and O–H groups in total. The minimum atomic E-state index is 0.0260. The molecule has 5 rings (SSSR count). The van der Waals surface area contributed by atoms with Gasteiger partial charge in [0.1, 0.15) is 11.7 Å². The highest BCUT2D eigenvalue weighted by molar-refractivity contribution is 7.73. The summed E-state index contributed by atoms with van der Waals surface area (Å²) in [6.07, 6.45) is 0. The van der Waals surface area contributed by atoms with Crippen LogP contribution in [0.2, 0.25) is 0 Å². The van der Waals surface area contributed by atoms with E-state index in [-0.39, 0.29) is 25.7 Å². The van der Waals surface area contributed by atoms with Gasteiger partial charge in [-0.05, 0) is 59.5 Å². The van der Waals surface area contributed by atoms with Gasteiger partial charge in [-0.1, -0.05) is 96.6 Å². The van der Waals surface area contributed by atoms with Gasteiger partial charge in [-0.2, -0.15) is 5.26 Å². The molecule has 0 radical (unpaired) electrons. The van der Waals surface area contributed by atoms with Crippen molar-refractivity contribution >= 4 is 29.6 Å². The fourth-order valence-electron chi connectivity index (χ4n) is 3.13. The van der Waals surface area contributed by atoms with Gasteiger partial charge in [0.2, 0.25) is 0 Å². The zero-order valence-electron chi connectivity index (χ0n) is 24.5. The average molecular weight is 632 g/mol. The van der Waals surface area contributed by atoms with Gasteiger partial charge in [0.25, 0.3) is 0 Å². The van der Waals surface area contributed by atoms with Crippen LogP contribution in [0.4, 0.5) is 0 Å². The van der Waals surface area contributed by atoms with Crippen LogP contribution in [0.3, 0.4) is 0 Å². The standard InChI is InChI=1S/C9H8N2OS2.C8H10N2O.C8H7NO.C7H8.CH4O/c12-5-6-1-3-7(4-2-6)8-10-9(13)14-11-8;9-8(10)7-3-1-6(5-11)2-4-7;9-5-7-1-3-8(6-10)4-2-7;1-7-5-3-2-4-6-7;1-2/h1-4,12H,5H2,(H,10,11,13);1-4,11H,5H2,(H3,9,10);1-4,10H,6H2;2-6H,1H3;2H,1H3. The van der Waals surface area contributed by atoms with E-state index < -0.39 is 0 Å². The lowest BCUT2D eigenvalue weighted by atomic mass is 10.1. The molecule has 0 aliphatic carbocycles. The first-order chi connectivity index (χ1) is 21.3. The van der Waals surface area contributed by atoms with Crippen LogP contribution in [-0.4, -0.2) is 42.7 Å². The Balaban J connectivity index is 0.000000295. The molecule has 0 fully saturated rings. The summed E-state index contributed by atoms with van der Waals surface area (Å²) in [7, 11) is 1.00. The largest absolute Gasteiger partial charge is 0.400 e. The number of hydrogen-bond acceptors (Lipinski definition) is 9. The third-order valence-electron chi connectivity index (χ3n) is 5.50. The molecule has 4 aromatic carbocycles. The number of amidine groups is 1. The summed E-state index contributed by atoms with van der Waals surface area (Å²) in [5.41, 5.74) is 11.4. The highest BCUT2D eigenvalue weighted by Crippen LogP contribution is 2.17. The van der Waals surface area contributed by atoms with Gasteiger partial charge in [-0.25, -0.2) is 4.98 Å². The smallest absolute Gasteiger partial charge is 0.198 e. The second-order valence-electron chi connectivity index (χ2n) is 8.68. The number of nitrogens with zero attached hydrogens (tertiary/aromatic N) is 2. The molecule has 5 aromatic rings. The highest BCUT2D eigenvalue weighted by Gasteiger charge is 2.00. The molecule has 0 aliphatic heterocycles. The molecule has 0 atom stereocenters. The maximum absolute atomic E-state index is 8.87. The fraction of sp³-hybridized carbons (Fsp3) is 0.152. The van der Waals surface area contributed by atoms with Crippen LogP contribution < -0.4 is 5.73 Å². The monoisotopic (exact) mass is 631 g/mol. The molecule has 230 valence electrons. The molecule has 0 amide bonds. The molecule has 0 spiro atoms. The van der Waals surface area contributed by atoms with E-state index >= 15 is 0 Å². The first-order valence-electron chi connectivity index (χ1n) is 13.2. The number of aromatic amines is 1. The maximum Gasteiger partial charge on any atom is 0.198 e. The normalized spacial score (nSPS) is 9.20. The van der Waals surface area contributed by atoms with Gasteiger partial charge >= 0.3 is 0 Å². The molecule has 11 heteroatoms. The third kappa shape index (κ3) is 14.6. The predicted molar refractivity (Wildman–Crippen MR) is 178 cm³/mol. The quantitative estimate of drug-likeness (QED) is 0.0756. The molecule has 9 nitrogen and oxygen atoms in total. The third-order valence-corrected chi connectivity index (χ3v) is 6.40. The molecular formula is C33H37N5O4S2. The topological polar surface area (TPSA) is 183 Å². The van der Waals surface area contributed by atoms with Crippen molar-refractivity contribution in [3.8, 4) is 17.5 Å². The average Bonchev–Trinajstić information content (AvgIpc) is 3.53. The van der Waals surface area contributed by atoms with E-state index in [2.05, 4.69) is 28.4 Å². The number of nitrogens with one attached hydrogen (secondary N) is 2. The van der Waals surface area contributed by atoms with Gasteiger partial charge in [0, 0.05) is 18.2 Å². The van der Waals surface area contributed by atoms with E-state index in [9.17, 15) is 0 Å². The van der Waals surface area contributed by atoms with Gasteiger partial charge in [-0.3, -0.25) is 9.78 Å². The molecule has 0 saturated carbocycles. The van der Waals surface area contributed by atoms with Gasteiger partial charge in [0.05, 0.1) is 31.5 Å². The number of aliphatic hydroxyl groups excluding tert-OH is 4. The summed E-state index contributed by atoms with van der Waals surface area (Å²) < 4.78 is 3.63. The summed E-state index contributed by atoms with van der Waals surface area (Å²) in [5, 5.41) is 48.6. The number of hydrogen-bond donors (Lipinski definition) is 7. The van der Waals surface area contributed by atoms with Crippen molar-refractivity contribution in [2.75, 3.05) is 7.11 Å². The Morgan fingerprint density at radius 3 is 1.61 bits per heavy atom. The van der Waals surface area contributed by atoms with Crippen molar-refractivity contribution in [1.82, 2.24) is 9.36 Å². The first kappa shape index (κ1) is 37.5. The number of aromatic nitrogens is 2. The lowest BCUT2D eigenvalue weighted by molar-refractivity contribution is 0.281. The van der Waals surface area contributed by atoms with Crippen LogP contribution >= 0.6 is 23.8 Å². The minimum absolute atomic E-state index is 0.0260. The lowest BCUT2D eigenvalue weighted by Gasteiger charge is -1.98. The summed E-state index contributed by atoms with van der Waals surface area (Å²) in [6, 6.07) is 33.6. The van der Waals surface area contributed by atoms with Crippen LogP contribution in [0.25, 0.3) is 11.4 Å². The SMILES string of the molecule is CO.Cc1ccccc1.N#Cc1ccc(CO)cc1.N=C(N)c1ccc(CO)cc1.OCc1ccc(-c2nc(=S)s[nH]2)cc1. The van der Waals surface area contributed by atoms with Crippen molar-refractivity contribution in [3.63, 3.8) is 0 Å². The molecule has 1 heterocycles. The summed E-state index contributed by atoms with van der Waals surface area (Å²) >= 11 is 6.26. The number of nitrogen functional groups attached to an aromatic ring is 1. The highest BCUT2D eigenvalue weighted by atomic mass is 32.2. The van der Waals surface area contributed by atoms with E-state index in [0.717, 1.165) is 35.2 Å². The minimum Gasteiger partial charge on any atom is -0.400 e. The van der Waals surface area contributed by atoms with Gasteiger partial charge in [-0.15, -0.1) is 0 Å². The molecule has 0 bridgehead atoms.